The summed E-state index contributed by atoms with van der Waals surface area (Å²) in [5.41, 5.74) is 0. The molecule has 0 spiro atoms. The first kappa shape index (κ1) is 14.4. The van der Waals surface area contributed by atoms with E-state index in [1.165, 1.54) is 70.6 Å². The van der Waals surface area contributed by atoms with Gasteiger partial charge in [0.2, 0.25) is 0 Å². The molecule has 2 fully saturated rings. The first-order chi connectivity index (χ1) is 8.85. The minimum absolute atomic E-state index is 0.820. The van der Waals surface area contributed by atoms with Crippen LogP contribution in [0.3, 0.4) is 0 Å². The average molecular weight is 251 g/mol. The van der Waals surface area contributed by atoms with Gasteiger partial charge >= 0.3 is 0 Å². The first-order valence-electron chi connectivity index (χ1n) is 8.52. The van der Waals surface area contributed by atoms with Gasteiger partial charge in [0.25, 0.3) is 0 Å². The highest BCUT2D eigenvalue weighted by atomic mass is 14.9. The van der Waals surface area contributed by atoms with E-state index in [1.54, 1.807) is 0 Å². The number of hydrogen-bond acceptors (Lipinski definition) is 1. The Hall–Kier alpha value is -0.0400. The summed E-state index contributed by atoms with van der Waals surface area (Å²) in [6.07, 6.45) is 16.3. The zero-order valence-corrected chi connectivity index (χ0v) is 12.6. The van der Waals surface area contributed by atoms with Gasteiger partial charge in [0.05, 0.1) is 0 Å². The number of rotatable bonds is 4. The van der Waals surface area contributed by atoms with Gasteiger partial charge in [-0.25, -0.2) is 0 Å². The van der Waals surface area contributed by atoms with Crippen LogP contribution in [0.4, 0.5) is 0 Å². The molecule has 106 valence electrons. The maximum Gasteiger partial charge on any atom is 0.0121 e. The highest BCUT2D eigenvalue weighted by Crippen LogP contribution is 2.37. The van der Waals surface area contributed by atoms with Gasteiger partial charge in [-0.05, 0) is 50.5 Å². The lowest BCUT2D eigenvalue weighted by Gasteiger charge is -2.37. The fourth-order valence-corrected chi connectivity index (χ4v) is 4.48. The standard InChI is InChI=1S/C17H33N/c1-3-14-10-12-16(13-11-14)17(18-2)15-8-6-4-5-7-9-15/h14-18H,3-13H2,1-2H3. The minimum atomic E-state index is 0.820. The van der Waals surface area contributed by atoms with Crippen molar-refractivity contribution in [3.63, 3.8) is 0 Å². The summed E-state index contributed by atoms with van der Waals surface area (Å²) < 4.78 is 0. The Morgan fingerprint density at radius 2 is 1.39 bits per heavy atom. The molecule has 1 heteroatoms. The summed E-state index contributed by atoms with van der Waals surface area (Å²) in [6, 6.07) is 0.820. The third-order valence-corrected chi connectivity index (χ3v) is 5.72. The molecule has 2 aliphatic carbocycles. The number of hydrogen-bond donors (Lipinski definition) is 1. The van der Waals surface area contributed by atoms with E-state index in [0.717, 1.165) is 23.8 Å². The molecular formula is C17H33N. The predicted octanol–water partition coefficient (Wildman–Crippen LogP) is 4.76. The van der Waals surface area contributed by atoms with E-state index in [4.69, 9.17) is 0 Å². The summed E-state index contributed by atoms with van der Waals surface area (Å²) in [6.45, 7) is 2.37. The maximum atomic E-state index is 3.70. The van der Waals surface area contributed by atoms with Crippen molar-refractivity contribution < 1.29 is 0 Å². The summed E-state index contributed by atoms with van der Waals surface area (Å²) in [5.74, 6) is 2.98. The highest BCUT2D eigenvalue weighted by molar-refractivity contribution is 4.86. The molecule has 1 unspecified atom stereocenters. The average Bonchev–Trinajstić information content (AvgIpc) is 2.70. The quantitative estimate of drug-likeness (QED) is 0.710. The fourth-order valence-electron chi connectivity index (χ4n) is 4.48. The topological polar surface area (TPSA) is 12.0 Å². The molecular weight excluding hydrogens is 218 g/mol. The molecule has 0 aromatic heterocycles. The molecule has 2 saturated carbocycles. The van der Waals surface area contributed by atoms with Crippen LogP contribution in [0.5, 0.6) is 0 Å². The lowest BCUT2D eigenvalue weighted by Crippen LogP contribution is -2.41. The molecule has 0 saturated heterocycles. The monoisotopic (exact) mass is 251 g/mol. The molecule has 18 heavy (non-hydrogen) atoms. The molecule has 0 aromatic rings. The van der Waals surface area contributed by atoms with Gasteiger partial charge in [0.15, 0.2) is 0 Å². The zero-order chi connectivity index (χ0) is 12.8. The van der Waals surface area contributed by atoms with Gasteiger partial charge in [-0.1, -0.05) is 51.9 Å². The van der Waals surface area contributed by atoms with Crippen molar-refractivity contribution in [1.29, 1.82) is 0 Å². The number of nitrogens with one attached hydrogen (secondary N) is 1. The van der Waals surface area contributed by atoms with Gasteiger partial charge in [-0.15, -0.1) is 0 Å². The van der Waals surface area contributed by atoms with Gasteiger partial charge < -0.3 is 5.32 Å². The second-order valence-electron chi connectivity index (χ2n) is 6.76. The predicted molar refractivity (Wildman–Crippen MR) is 79.8 cm³/mol. The Labute approximate surface area is 114 Å². The molecule has 0 radical (unpaired) electrons. The van der Waals surface area contributed by atoms with Crippen LogP contribution in [-0.4, -0.2) is 13.1 Å². The third kappa shape index (κ3) is 3.73. The van der Waals surface area contributed by atoms with Gasteiger partial charge in [0, 0.05) is 6.04 Å². The van der Waals surface area contributed by atoms with Crippen LogP contribution in [-0.2, 0) is 0 Å². The van der Waals surface area contributed by atoms with E-state index >= 15 is 0 Å². The van der Waals surface area contributed by atoms with Crippen LogP contribution < -0.4 is 5.32 Å². The fraction of sp³-hybridized carbons (Fsp3) is 1.00. The van der Waals surface area contributed by atoms with Crippen LogP contribution in [0.15, 0.2) is 0 Å². The van der Waals surface area contributed by atoms with Crippen molar-refractivity contribution in [1.82, 2.24) is 5.32 Å². The second-order valence-corrected chi connectivity index (χ2v) is 6.76. The lowest BCUT2D eigenvalue weighted by molar-refractivity contribution is 0.172. The van der Waals surface area contributed by atoms with E-state index in [-0.39, 0.29) is 0 Å². The third-order valence-electron chi connectivity index (χ3n) is 5.72. The SMILES string of the molecule is CCC1CCC(C(NC)C2CCCCCC2)CC1. The van der Waals surface area contributed by atoms with Gasteiger partial charge in [-0.2, -0.15) is 0 Å². The molecule has 2 rings (SSSR count). The van der Waals surface area contributed by atoms with E-state index in [2.05, 4.69) is 19.3 Å². The Bertz CT molecular complexity index is 210. The van der Waals surface area contributed by atoms with Crippen LogP contribution in [0.25, 0.3) is 0 Å². The van der Waals surface area contributed by atoms with E-state index in [1.807, 2.05) is 0 Å². The maximum absolute atomic E-state index is 3.70. The molecule has 1 N–H and O–H groups in total. The molecule has 0 amide bonds. The van der Waals surface area contributed by atoms with E-state index in [9.17, 15) is 0 Å². The van der Waals surface area contributed by atoms with Crippen molar-refractivity contribution in [2.45, 2.75) is 83.6 Å². The molecule has 2 aliphatic rings. The Morgan fingerprint density at radius 3 is 1.89 bits per heavy atom. The minimum Gasteiger partial charge on any atom is -0.316 e. The Kier molecular flexibility index (Phi) is 6.01. The second kappa shape index (κ2) is 7.53. The zero-order valence-electron chi connectivity index (χ0n) is 12.6. The molecule has 1 nitrogen and oxygen atoms in total. The van der Waals surface area contributed by atoms with Gasteiger partial charge in [-0.3, -0.25) is 0 Å². The molecule has 1 atom stereocenters. The molecule has 0 bridgehead atoms. The van der Waals surface area contributed by atoms with Crippen molar-refractivity contribution in [3.05, 3.63) is 0 Å². The molecule has 0 aromatic carbocycles. The van der Waals surface area contributed by atoms with Crippen molar-refractivity contribution in [3.8, 4) is 0 Å². The highest BCUT2D eigenvalue weighted by Gasteiger charge is 2.31. The van der Waals surface area contributed by atoms with E-state index < -0.39 is 0 Å². The Morgan fingerprint density at radius 1 is 0.833 bits per heavy atom. The summed E-state index contributed by atoms with van der Waals surface area (Å²) >= 11 is 0. The Balaban J connectivity index is 1.87. The summed E-state index contributed by atoms with van der Waals surface area (Å²) in [5, 5.41) is 3.70. The normalized spacial score (nSPS) is 33.0. The van der Waals surface area contributed by atoms with Crippen molar-refractivity contribution in [2.75, 3.05) is 7.05 Å². The largest absolute Gasteiger partial charge is 0.316 e. The molecule has 0 aliphatic heterocycles. The van der Waals surface area contributed by atoms with Crippen LogP contribution in [0.2, 0.25) is 0 Å². The van der Waals surface area contributed by atoms with Crippen LogP contribution >= 0.6 is 0 Å². The van der Waals surface area contributed by atoms with Crippen LogP contribution in [0.1, 0.15) is 77.6 Å². The summed E-state index contributed by atoms with van der Waals surface area (Å²) in [7, 11) is 2.21. The summed E-state index contributed by atoms with van der Waals surface area (Å²) in [4.78, 5) is 0. The van der Waals surface area contributed by atoms with E-state index in [0.29, 0.717) is 0 Å². The van der Waals surface area contributed by atoms with Crippen molar-refractivity contribution in [2.24, 2.45) is 17.8 Å². The smallest absolute Gasteiger partial charge is 0.0121 e. The molecule has 0 heterocycles. The first-order valence-corrected chi connectivity index (χ1v) is 8.52. The lowest BCUT2D eigenvalue weighted by atomic mass is 9.73. The van der Waals surface area contributed by atoms with Gasteiger partial charge in [0.1, 0.15) is 0 Å². The van der Waals surface area contributed by atoms with Crippen molar-refractivity contribution >= 4 is 0 Å². The van der Waals surface area contributed by atoms with Crippen LogP contribution in [0, 0.1) is 17.8 Å².